The van der Waals surface area contributed by atoms with Crippen LogP contribution in [0.4, 0.5) is 5.82 Å². The molecule has 1 aliphatic rings. The van der Waals surface area contributed by atoms with E-state index in [0.29, 0.717) is 55.1 Å². The van der Waals surface area contributed by atoms with E-state index >= 15 is 0 Å². The van der Waals surface area contributed by atoms with Gasteiger partial charge >= 0.3 is 0 Å². The number of nitrogens with one attached hydrogen (secondary N) is 1. The molecule has 3 aromatic heterocycles. The fourth-order valence-corrected chi connectivity index (χ4v) is 7.74. The van der Waals surface area contributed by atoms with E-state index in [0.717, 1.165) is 12.3 Å². The number of aromatic nitrogens is 5. The predicted octanol–water partition coefficient (Wildman–Crippen LogP) is 3.47. The van der Waals surface area contributed by atoms with Crippen molar-refractivity contribution in [3.8, 4) is 11.3 Å². The van der Waals surface area contributed by atoms with Crippen LogP contribution in [0.15, 0.2) is 29.8 Å². The van der Waals surface area contributed by atoms with Crippen molar-refractivity contribution in [3.63, 3.8) is 0 Å². The van der Waals surface area contributed by atoms with Gasteiger partial charge in [0.2, 0.25) is 25.0 Å². The highest BCUT2D eigenvalue weighted by molar-refractivity contribution is 7.90. The standard InChI is InChI=1S/C26H41N7O5S2Si/c1-19(2)17-40(36,37)33-10-7-8-20(16-33)29-24-21(14-28-26(31-24)39(3,34)35)23-15-27-25-22(30-23)9-11-32(25)18-38-12-13-41(4,5)6/h9,11,14-15,19-20H,7-8,10,12-13,16-18H2,1-6H3,(H,28,29,31)/t20-/m0/s1. The third-order valence-electron chi connectivity index (χ3n) is 6.73. The molecule has 0 radical (unpaired) electrons. The number of anilines is 1. The van der Waals surface area contributed by atoms with Crippen molar-refractivity contribution in [1.29, 1.82) is 0 Å². The zero-order valence-electron chi connectivity index (χ0n) is 24.7. The van der Waals surface area contributed by atoms with E-state index in [2.05, 4.69) is 39.9 Å². The first kappa shape index (κ1) is 31.5. The van der Waals surface area contributed by atoms with Crippen LogP contribution in [0.1, 0.15) is 26.7 Å². The van der Waals surface area contributed by atoms with E-state index in [1.54, 1.807) is 6.20 Å². The molecule has 0 aliphatic carbocycles. The lowest BCUT2D eigenvalue weighted by Gasteiger charge is -2.33. The SMILES string of the molecule is CC(C)CS(=O)(=O)N1CCC[C@H](Nc2nc(S(C)(=O)=O)ncc2-c2cnc3c(ccn3COCC[Si](C)(C)C)n2)C1. The molecule has 226 valence electrons. The number of sulfone groups is 1. The Morgan fingerprint density at radius 1 is 1.12 bits per heavy atom. The molecule has 4 rings (SSSR count). The van der Waals surface area contributed by atoms with Crippen LogP contribution >= 0.6 is 0 Å². The Labute approximate surface area is 243 Å². The van der Waals surface area contributed by atoms with Gasteiger partial charge in [0.15, 0.2) is 5.65 Å². The first-order chi connectivity index (χ1) is 19.1. The van der Waals surface area contributed by atoms with E-state index < -0.39 is 27.9 Å². The summed E-state index contributed by atoms with van der Waals surface area (Å²) in [5, 5.41) is 2.98. The van der Waals surface area contributed by atoms with Gasteiger partial charge in [0.25, 0.3) is 0 Å². The van der Waals surface area contributed by atoms with Crippen molar-refractivity contribution in [2.75, 3.05) is 37.0 Å². The largest absolute Gasteiger partial charge is 0.365 e. The first-order valence-corrected chi connectivity index (χ1v) is 21.0. The highest BCUT2D eigenvalue weighted by Gasteiger charge is 2.30. The summed E-state index contributed by atoms with van der Waals surface area (Å²) in [6, 6.07) is 2.66. The van der Waals surface area contributed by atoms with Gasteiger partial charge in [-0.15, -0.1) is 0 Å². The Balaban J connectivity index is 1.60. The van der Waals surface area contributed by atoms with Gasteiger partial charge in [0.1, 0.15) is 18.1 Å². The molecule has 0 bridgehead atoms. The number of ether oxygens (including phenoxy) is 1. The average Bonchev–Trinajstić information content (AvgIpc) is 3.27. The Morgan fingerprint density at radius 2 is 1.88 bits per heavy atom. The van der Waals surface area contributed by atoms with Crippen LogP contribution in [0.2, 0.25) is 25.7 Å². The number of rotatable bonds is 12. The van der Waals surface area contributed by atoms with E-state index in [4.69, 9.17) is 9.72 Å². The molecule has 15 heteroatoms. The summed E-state index contributed by atoms with van der Waals surface area (Å²) in [6.45, 7) is 12.5. The van der Waals surface area contributed by atoms with E-state index in [-0.39, 0.29) is 35.2 Å². The van der Waals surface area contributed by atoms with Crippen molar-refractivity contribution in [3.05, 3.63) is 24.7 Å². The molecule has 1 atom stereocenters. The second-order valence-corrected chi connectivity index (χ2v) is 21.8. The summed E-state index contributed by atoms with van der Waals surface area (Å²) < 4.78 is 59.6. The lowest BCUT2D eigenvalue weighted by Crippen LogP contribution is -2.46. The molecule has 1 fully saturated rings. The maximum absolute atomic E-state index is 12.9. The van der Waals surface area contributed by atoms with Crippen LogP contribution < -0.4 is 5.32 Å². The topological polar surface area (TPSA) is 149 Å². The normalized spacial score (nSPS) is 17.4. The summed E-state index contributed by atoms with van der Waals surface area (Å²) in [6.07, 6.45) is 7.33. The highest BCUT2D eigenvalue weighted by atomic mass is 32.2. The average molecular weight is 624 g/mol. The van der Waals surface area contributed by atoms with Crippen LogP contribution in [0, 0.1) is 5.92 Å². The molecule has 41 heavy (non-hydrogen) atoms. The Morgan fingerprint density at radius 3 is 2.56 bits per heavy atom. The molecule has 4 heterocycles. The molecular weight excluding hydrogens is 583 g/mol. The second-order valence-electron chi connectivity index (χ2n) is 12.3. The van der Waals surface area contributed by atoms with Crippen molar-refractivity contribution in [1.82, 2.24) is 28.8 Å². The zero-order valence-corrected chi connectivity index (χ0v) is 27.3. The lowest BCUT2D eigenvalue weighted by molar-refractivity contribution is 0.0899. The smallest absolute Gasteiger partial charge is 0.248 e. The fourth-order valence-electron chi connectivity index (χ4n) is 4.61. The van der Waals surface area contributed by atoms with E-state index in [1.807, 2.05) is 30.7 Å². The number of nitrogens with zero attached hydrogens (tertiary/aromatic N) is 6. The van der Waals surface area contributed by atoms with E-state index in [1.165, 1.54) is 10.5 Å². The quantitative estimate of drug-likeness (QED) is 0.181. The molecule has 1 aliphatic heterocycles. The van der Waals surface area contributed by atoms with Gasteiger partial charge < -0.3 is 14.6 Å². The third kappa shape index (κ3) is 8.31. The Kier molecular flexibility index (Phi) is 9.53. The molecule has 0 amide bonds. The Bertz CT molecular complexity index is 1590. The summed E-state index contributed by atoms with van der Waals surface area (Å²) in [4.78, 5) is 17.8. The third-order valence-corrected chi connectivity index (χ3v) is 11.5. The molecule has 0 aromatic carbocycles. The summed E-state index contributed by atoms with van der Waals surface area (Å²) in [7, 11) is -8.28. The molecule has 3 aromatic rings. The highest BCUT2D eigenvalue weighted by Crippen LogP contribution is 2.29. The van der Waals surface area contributed by atoms with Crippen LogP contribution in [-0.2, 0) is 31.3 Å². The number of hydrogen-bond acceptors (Lipinski definition) is 10. The monoisotopic (exact) mass is 623 g/mol. The summed E-state index contributed by atoms with van der Waals surface area (Å²) in [5.41, 5.74) is 2.27. The van der Waals surface area contributed by atoms with Crippen LogP contribution in [-0.4, -0.2) is 91.5 Å². The molecule has 0 spiro atoms. The van der Waals surface area contributed by atoms with Crippen molar-refractivity contribution < 1.29 is 21.6 Å². The maximum atomic E-state index is 12.9. The number of sulfonamides is 1. The fraction of sp³-hybridized carbons (Fsp3) is 0.615. The molecular formula is C26H41N7O5S2Si. The van der Waals surface area contributed by atoms with Crippen LogP contribution in [0.5, 0.6) is 0 Å². The number of hydrogen-bond donors (Lipinski definition) is 1. The second kappa shape index (κ2) is 12.4. The lowest BCUT2D eigenvalue weighted by atomic mass is 10.1. The molecule has 1 saturated heterocycles. The van der Waals surface area contributed by atoms with Crippen molar-refractivity contribution in [2.24, 2.45) is 5.92 Å². The molecule has 12 nitrogen and oxygen atoms in total. The van der Waals surface area contributed by atoms with Crippen molar-refractivity contribution in [2.45, 2.75) is 70.3 Å². The van der Waals surface area contributed by atoms with Gasteiger partial charge in [-0.2, -0.15) is 4.31 Å². The Hall–Kier alpha value is -2.46. The summed E-state index contributed by atoms with van der Waals surface area (Å²) in [5.74, 6) is 0.366. The van der Waals surface area contributed by atoms with Gasteiger partial charge in [-0.25, -0.2) is 36.8 Å². The van der Waals surface area contributed by atoms with Crippen LogP contribution in [0.3, 0.4) is 0 Å². The molecule has 0 unspecified atom stereocenters. The van der Waals surface area contributed by atoms with E-state index in [9.17, 15) is 16.8 Å². The minimum absolute atomic E-state index is 0.0131. The first-order valence-electron chi connectivity index (χ1n) is 13.8. The van der Waals surface area contributed by atoms with Crippen molar-refractivity contribution >= 4 is 44.9 Å². The number of piperidine rings is 1. The van der Waals surface area contributed by atoms with Gasteiger partial charge in [-0.05, 0) is 30.9 Å². The van der Waals surface area contributed by atoms with Crippen LogP contribution in [0.25, 0.3) is 22.4 Å². The summed E-state index contributed by atoms with van der Waals surface area (Å²) >= 11 is 0. The van der Waals surface area contributed by atoms with Gasteiger partial charge in [-0.3, -0.25) is 0 Å². The molecule has 1 N–H and O–H groups in total. The molecule has 0 saturated carbocycles. The van der Waals surface area contributed by atoms with Gasteiger partial charge in [-0.1, -0.05) is 33.5 Å². The zero-order chi connectivity index (χ0) is 30.0. The van der Waals surface area contributed by atoms with Gasteiger partial charge in [0.05, 0.1) is 23.2 Å². The minimum atomic E-state index is -3.68. The maximum Gasteiger partial charge on any atom is 0.248 e. The van der Waals surface area contributed by atoms with Gasteiger partial charge in [0, 0.05) is 52.5 Å². The minimum Gasteiger partial charge on any atom is -0.365 e. The number of fused-ring (bicyclic) bond motifs is 1. The predicted molar refractivity (Wildman–Crippen MR) is 163 cm³/mol.